The van der Waals surface area contributed by atoms with Gasteiger partial charge in [-0.1, -0.05) is 22.0 Å². The number of aromatic nitrogens is 2. The maximum absolute atomic E-state index is 4.07. The van der Waals surface area contributed by atoms with Gasteiger partial charge in [0, 0.05) is 9.86 Å². The van der Waals surface area contributed by atoms with Gasteiger partial charge in [0.05, 0.1) is 5.52 Å². The van der Waals surface area contributed by atoms with Crippen molar-refractivity contribution >= 4 is 26.8 Å². The fraction of sp³-hybridized carbons (Fsp3) is 0. The highest BCUT2D eigenvalue weighted by Crippen LogP contribution is 2.19. The normalized spacial score (nSPS) is 10.3. The number of nitrogens with zero attached hydrogens (tertiary/aromatic N) is 2. The molecule has 0 aliphatic rings. The van der Waals surface area contributed by atoms with Gasteiger partial charge in [-0.15, -0.1) is 0 Å². The van der Waals surface area contributed by atoms with Crippen molar-refractivity contribution in [3.63, 3.8) is 0 Å². The van der Waals surface area contributed by atoms with Gasteiger partial charge in [0.15, 0.2) is 0 Å². The van der Waals surface area contributed by atoms with Gasteiger partial charge in [0.1, 0.15) is 12.5 Å². The van der Waals surface area contributed by atoms with Crippen LogP contribution in [0.3, 0.4) is 0 Å². The summed E-state index contributed by atoms with van der Waals surface area (Å²) in [7, 11) is 0. The Morgan fingerprint density at radius 1 is 1.36 bits per heavy atom. The van der Waals surface area contributed by atoms with Gasteiger partial charge in [-0.05, 0) is 12.1 Å². The van der Waals surface area contributed by atoms with Crippen LogP contribution < -0.4 is 0 Å². The molecule has 0 saturated heterocycles. The van der Waals surface area contributed by atoms with Crippen LogP contribution in [0.5, 0.6) is 0 Å². The Morgan fingerprint density at radius 3 is 3.09 bits per heavy atom. The minimum atomic E-state index is 0.911. The maximum Gasteiger partial charge on any atom is 0.116 e. The highest BCUT2D eigenvalue weighted by atomic mass is 79.9. The van der Waals surface area contributed by atoms with Crippen molar-refractivity contribution in [3.8, 4) is 0 Å². The van der Waals surface area contributed by atoms with Crippen LogP contribution in [-0.2, 0) is 0 Å². The zero-order valence-electron chi connectivity index (χ0n) is 5.58. The molecule has 0 N–H and O–H groups in total. The summed E-state index contributed by atoms with van der Waals surface area (Å²) in [6.45, 7) is 0. The van der Waals surface area contributed by atoms with Gasteiger partial charge < -0.3 is 0 Å². The van der Waals surface area contributed by atoms with E-state index in [4.69, 9.17) is 0 Å². The smallest absolute Gasteiger partial charge is 0.116 e. The second kappa shape index (κ2) is 2.58. The molecular formula is C8H4BrN2. The van der Waals surface area contributed by atoms with Crippen LogP contribution >= 0.6 is 15.9 Å². The van der Waals surface area contributed by atoms with Gasteiger partial charge in [0.25, 0.3) is 0 Å². The lowest BCUT2D eigenvalue weighted by Gasteiger charge is -1.95. The Bertz CT molecular complexity index is 381. The van der Waals surface area contributed by atoms with Gasteiger partial charge >= 0.3 is 0 Å². The van der Waals surface area contributed by atoms with E-state index in [2.05, 4.69) is 32.1 Å². The number of benzene rings is 1. The topological polar surface area (TPSA) is 25.8 Å². The Hall–Kier alpha value is -0.960. The third kappa shape index (κ3) is 1.12. The van der Waals surface area contributed by atoms with E-state index in [-0.39, 0.29) is 0 Å². The average molecular weight is 208 g/mol. The van der Waals surface area contributed by atoms with E-state index >= 15 is 0 Å². The molecule has 0 unspecified atom stereocenters. The van der Waals surface area contributed by atoms with Crippen molar-refractivity contribution in [2.75, 3.05) is 0 Å². The fourth-order valence-corrected chi connectivity index (χ4v) is 1.36. The van der Waals surface area contributed by atoms with E-state index in [0.717, 1.165) is 15.4 Å². The van der Waals surface area contributed by atoms with Crippen molar-refractivity contribution < 1.29 is 0 Å². The molecule has 2 rings (SSSR count). The molecule has 11 heavy (non-hydrogen) atoms. The Balaban J connectivity index is 2.91. The molecule has 0 fully saturated rings. The molecule has 1 aromatic heterocycles. The molecule has 0 bridgehead atoms. The summed E-state index contributed by atoms with van der Waals surface area (Å²) in [5, 5.41) is 0.926. The van der Waals surface area contributed by atoms with E-state index in [1.165, 1.54) is 6.33 Å². The summed E-state index contributed by atoms with van der Waals surface area (Å²) in [5.74, 6) is 0. The molecule has 0 spiro atoms. The molecule has 2 aromatic rings. The SMILES string of the molecule is Brc1cccc2ncn[c]c12. The van der Waals surface area contributed by atoms with Crippen LogP contribution in [0, 0.1) is 6.20 Å². The van der Waals surface area contributed by atoms with E-state index in [0.29, 0.717) is 0 Å². The van der Waals surface area contributed by atoms with Crippen LogP contribution in [0.15, 0.2) is 29.0 Å². The van der Waals surface area contributed by atoms with Gasteiger partial charge in [-0.2, -0.15) is 0 Å². The van der Waals surface area contributed by atoms with E-state index in [1.807, 2.05) is 18.2 Å². The quantitative estimate of drug-likeness (QED) is 0.663. The Kier molecular flexibility index (Phi) is 1.58. The van der Waals surface area contributed by atoms with Crippen molar-refractivity contribution in [1.82, 2.24) is 9.97 Å². The minimum absolute atomic E-state index is 0.911. The largest absolute Gasteiger partial charge is 0.236 e. The first-order valence-electron chi connectivity index (χ1n) is 3.15. The number of hydrogen-bond acceptors (Lipinski definition) is 2. The second-order valence-electron chi connectivity index (χ2n) is 2.12. The second-order valence-corrected chi connectivity index (χ2v) is 2.97. The lowest BCUT2D eigenvalue weighted by molar-refractivity contribution is 1.21. The molecule has 53 valence electrons. The molecule has 2 nitrogen and oxygen atoms in total. The first-order valence-corrected chi connectivity index (χ1v) is 3.94. The number of hydrogen-bond donors (Lipinski definition) is 0. The molecule has 1 heterocycles. The first-order chi connectivity index (χ1) is 5.38. The zero-order chi connectivity index (χ0) is 7.68. The van der Waals surface area contributed by atoms with Crippen LogP contribution in [0.1, 0.15) is 0 Å². The number of rotatable bonds is 0. The molecule has 1 aromatic carbocycles. The van der Waals surface area contributed by atoms with Crippen LogP contribution in [0.25, 0.3) is 10.9 Å². The third-order valence-corrected chi connectivity index (χ3v) is 2.08. The third-order valence-electron chi connectivity index (χ3n) is 1.42. The highest BCUT2D eigenvalue weighted by molar-refractivity contribution is 9.10. The summed E-state index contributed by atoms with van der Waals surface area (Å²) < 4.78 is 0.982. The Labute approximate surface area is 72.4 Å². The monoisotopic (exact) mass is 207 g/mol. The molecular weight excluding hydrogens is 204 g/mol. The van der Waals surface area contributed by atoms with Crippen molar-refractivity contribution in [1.29, 1.82) is 0 Å². The molecule has 1 radical (unpaired) electrons. The predicted octanol–water partition coefficient (Wildman–Crippen LogP) is 2.19. The van der Waals surface area contributed by atoms with Gasteiger partial charge in [-0.25, -0.2) is 9.97 Å². The average Bonchev–Trinajstić information content (AvgIpc) is 2.06. The van der Waals surface area contributed by atoms with E-state index in [1.54, 1.807) is 0 Å². The maximum atomic E-state index is 4.07. The van der Waals surface area contributed by atoms with Crippen LogP contribution in [0.4, 0.5) is 0 Å². The molecule has 0 saturated carbocycles. The molecule has 0 aliphatic carbocycles. The minimum Gasteiger partial charge on any atom is -0.236 e. The predicted molar refractivity (Wildman–Crippen MR) is 46.1 cm³/mol. The first kappa shape index (κ1) is 6.73. The zero-order valence-corrected chi connectivity index (χ0v) is 7.17. The van der Waals surface area contributed by atoms with Crippen LogP contribution in [0.2, 0.25) is 0 Å². The molecule has 0 aliphatic heterocycles. The van der Waals surface area contributed by atoms with Crippen molar-refractivity contribution in [2.45, 2.75) is 0 Å². The lowest BCUT2D eigenvalue weighted by atomic mass is 10.2. The van der Waals surface area contributed by atoms with Crippen LogP contribution in [-0.4, -0.2) is 9.97 Å². The van der Waals surface area contributed by atoms with E-state index in [9.17, 15) is 0 Å². The highest BCUT2D eigenvalue weighted by Gasteiger charge is 1.96. The van der Waals surface area contributed by atoms with Crippen molar-refractivity contribution in [2.24, 2.45) is 0 Å². The molecule has 0 atom stereocenters. The Morgan fingerprint density at radius 2 is 2.27 bits per heavy atom. The molecule has 0 amide bonds. The van der Waals surface area contributed by atoms with Gasteiger partial charge in [0.2, 0.25) is 0 Å². The van der Waals surface area contributed by atoms with Gasteiger partial charge in [-0.3, -0.25) is 0 Å². The molecule has 3 heteroatoms. The number of halogens is 1. The summed E-state index contributed by atoms with van der Waals surface area (Å²) in [4.78, 5) is 7.88. The number of fused-ring (bicyclic) bond motifs is 1. The summed E-state index contributed by atoms with van der Waals surface area (Å²) >= 11 is 3.39. The van der Waals surface area contributed by atoms with Crippen molar-refractivity contribution in [3.05, 3.63) is 35.2 Å². The fourth-order valence-electron chi connectivity index (χ4n) is 0.916. The lowest BCUT2D eigenvalue weighted by Crippen LogP contribution is -1.80. The standard InChI is InChI=1S/C8H4BrN2/c9-7-2-1-3-8-6(7)4-10-5-11-8/h1-3,5H. The van der Waals surface area contributed by atoms with E-state index < -0.39 is 0 Å². The summed E-state index contributed by atoms with van der Waals surface area (Å²) in [6.07, 6.45) is 4.35. The summed E-state index contributed by atoms with van der Waals surface area (Å²) in [5.41, 5.74) is 0.911. The summed E-state index contributed by atoms with van der Waals surface area (Å²) in [6, 6.07) is 5.81.